The van der Waals surface area contributed by atoms with Crippen LogP contribution in [0.25, 0.3) is 0 Å². The minimum absolute atomic E-state index is 0.104. The predicted molar refractivity (Wildman–Crippen MR) is 127 cm³/mol. The minimum Gasteiger partial charge on any atom is -0.405 e. The van der Waals surface area contributed by atoms with Gasteiger partial charge in [-0.15, -0.1) is 0 Å². The van der Waals surface area contributed by atoms with Crippen LogP contribution in [0.3, 0.4) is 0 Å². The Morgan fingerprint density at radius 1 is 0.600 bits per heavy atom. The molecule has 9 nitrogen and oxygen atoms in total. The molecule has 0 amide bonds. The Kier molecular flexibility index (Phi) is 12.6. The van der Waals surface area contributed by atoms with E-state index < -0.39 is 17.1 Å². The van der Waals surface area contributed by atoms with E-state index in [1.165, 1.54) is 0 Å². The maximum Gasteiger partial charge on any atom is 0.403 e. The maximum atomic E-state index is 12.6. The zero-order chi connectivity index (χ0) is 22.7. The van der Waals surface area contributed by atoms with Crippen molar-refractivity contribution in [1.29, 1.82) is 0 Å². The van der Waals surface area contributed by atoms with Crippen molar-refractivity contribution in [2.75, 3.05) is 19.8 Å². The Bertz CT molecular complexity index is 669. The van der Waals surface area contributed by atoms with Crippen LogP contribution in [0.4, 0.5) is 0 Å². The molecular formula is C18H33N3O6S3. The summed E-state index contributed by atoms with van der Waals surface area (Å²) in [5, 5.41) is 0.475. The van der Waals surface area contributed by atoms with E-state index in [2.05, 4.69) is 37.9 Å². The average molecular weight is 484 g/mol. The number of hydrogen-bond acceptors (Lipinski definition) is 9. The van der Waals surface area contributed by atoms with Crippen LogP contribution >= 0.6 is 37.9 Å². The SMILES string of the molecule is CC(S)CCCOn1c(=O)n(OCCCC(C)S)c(=O)n(OCCCC(C)S)c1=O. The van der Waals surface area contributed by atoms with Crippen molar-refractivity contribution < 1.29 is 14.5 Å². The van der Waals surface area contributed by atoms with Crippen LogP contribution in [0.2, 0.25) is 0 Å². The van der Waals surface area contributed by atoms with Gasteiger partial charge >= 0.3 is 17.1 Å². The molecule has 1 heterocycles. The highest BCUT2D eigenvalue weighted by Gasteiger charge is 2.19. The van der Waals surface area contributed by atoms with Gasteiger partial charge < -0.3 is 14.5 Å². The van der Waals surface area contributed by atoms with Gasteiger partial charge in [-0.2, -0.15) is 37.9 Å². The molecule has 0 N–H and O–H groups in total. The molecule has 30 heavy (non-hydrogen) atoms. The van der Waals surface area contributed by atoms with E-state index >= 15 is 0 Å². The van der Waals surface area contributed by atoms with Crippen molar-refractivity contribution in [3.05, 3.63) is 31.5 Å². The highest BCUT2D eigenvalue weighted by Crippen LogP contribution is 2.03. The molecule has 12 heteroatoms. The number of hydrogen-bond donors (Lipinski definition) is 3. The fraction of sp³-hybridized carbons (Fsp3) is 0.833. The summed E-state index contributed by atoms with van der Waals surface area (Å²) in [6.45, 7) is 6.11. The highest BCUT2D eigenvalue weighted by molar-refractivity contribution is 7.81. The van der Waals surface area contributed by atoms with Gasteiger partial charge in [-0.1, -0.05) is 35.0 Å². The van der Waals surface area contributed by atoms with Gasteiger partial charge in [0.1, 0.15) is 19.8 Å². The first kappa shape index (κ1) is 26.9. The van der Waals surface area contributed by atoms with Crippen molar-refractivity contribution in [1.82, 2.24) is 14.2 Å². The van der Waals surface area contributed by atoms with Crippen LogP contribution in [0.5, 0.6) is 0 Å². The van der Waals surface area contributed by atoms with E-state index in [0.717, 1.165) is 19.3 Å². The third-order valence-corrected chi connectivity index (χ3v) is 4.78. The van der Waals surface area contributed by atoms with Crippen molar-refractivity contribution >= 4 is 37.9 Å². The molecule has 0 bridgehead atoms. The van der Waals surface area contributed by atoms with Crippen molar-refractivity contribution in [2.24, 2.45) is 0 Å². The zero-order valence-electron chi connectivity index (χ0n) is 17.7. The summed E-state index contributed by atoms with van der Waals surface area (Å²) in [6.07, 6.45) is 3.96. The Balaban J connectivity index is 3.06. The molecule has 174 valence electrons. The van der Waals surface area contributed by atoms with Crippen LogP contribution in [-0.4, -0.2) is 49.8 Å². The summed E-state index contributed by atoms with van der Waals surface area (Å²) in [5.41, 5.74) is -3.02. The molecule has 0 radical (unpaired) electrons. The van der Waals surface area contributed by atoms with Crippen molar-refractivity contribution in [3.63, 3.8) is 0 Å². The molecule has 0 saturated heterocycles. The Morgan fingerprint density at radius 3 is 1.03 bits per heavy atom. The van der Waals surface area contributed by atoms with E-state index in [1.54, 1.807) is 0 Å². The molecule has 0 aliphatic carbocycles. The van der Waals surface area contributed by atoms with Gasteiger partial charge in [0, 0.05) is 0 Å². The Hall–Kier alpha value is -1.14. The van der Waals surface area contributed by atoms with E-state index in [9.17, 15) is 14.4 Å². The molecule has 0 saturated carbocycles. The lowest BCUT2D eigenvalue weighted by molar-refractivity contribution is -0.0123. The van der Waals surface area contributed by atoms with Gasteiger partial charge in [0.25, 0.3) is 0 Å². The second-order valence-corrected chi connectivity index (χ2v) is 9.85. The Labute approximate surface area is 192 Å². The standard InChI is InChI=1S/C18H33N3O6S3/c1-13(28)7-4-10-25-19-16(22)20(26-11-5-8-14(2)29)18(24)21(17(19)23)27-12-6-9-15(3)30/h13-15,28-30H,4-12H2,1-3H3. The van der Waals surface area contributed by atoms with E-state index in [0.29, 0.717) is 33.5 Å². The van der Waals surface area contributed by atoms with E-state index in [1.807, 2.05) is 20.8 Å². The smallest absolute Gasteiger partial charge is 0.403 e. The summed E-state index contributed by atoms with van der Waals surface area (Å²) in [4.78, 5) is 53.8. The molecular weight excluding hydrogens is 450 g/mol. The van der Waals surface area contributed by atoms with Gasteiger partial charge in [0.15, 0.2) is 0 Å². The summed E-state index contributed by atoms with van der Waals surface area (Å²) in [5.74, 6) is 0. The predicted octanol–water partition coefficient (Wildman–Crippen LogP) is 0.753. The quantitative estimate of drug-likeness (QED) is 0.252. The zero-order valence-corrected chi connectivity index (χ0v) is 20.4. The molecule has 1 aromatic rings. The van der Waals surface area contributed by atoms with Crippen LogP contribution in [-0.2, 0) is 0 Å². The van der Waals surface area contributed by atoms with Gasteiger partial charge in [0.2, 0.25) is 0 Å². The first-order valence-electron chi connectivity index (χ1n) is 10.1. The number of aromatic nitrogens is 3. The first-order valence-corrected chi connectivity index (χ1v) is 11.6. The van der Waals surface area contributed by atoms with Crippen LogP contribution in [0.15, 0.2) is 14.4 Å². The fourth-order valence-electron chi connectivity index (χ4n) is 2.43. The van der Waals surface area contributed by atoms with Gasteiger partial charge in [0.05, 0.1) is 0 Å². The van der Waals surface area contributed by atoms with Crippen molar-refractivity contribution in [3.8, 4) is 0 Å². The minimum atomic E-state index is -1.01. The van der Waals surface area contributed by atoms with Crippen LogP contribution in [0.1, 0.15) is 59.3 Å². The normalized spacial score (nSPS) is 14.2. The topological polar surface area (TPSA) is 93.7 Å². The van der Waals surface area contributed by atoms with E-state index in [4.69, 9.17) is 14.5 Å². The summed E-state index contributed by atoms with van der Waals surface area (Å²) in [6, 6.07) is 0. The lowest BCUT2D eigenvalue weighted by Crippen LogP contribution is -2.59. The summed E-state index contributed by atoms with van der Waals surface area (Å²) < 4.78 is 1.48. The largest absolute Gasteiger partial charge is 0.405 e. The molecule has 1 aromatic heterocycles. The molecule has 0 aromatic carbocycles. The van der Waals surface area contributed by atoms with Gasteiger partial charge in [-0.3, -0.25) is 0 Å². The molecule has 3 atom stereocenters. The maximum absolute atomic E-state index is 12.6. The van der Waals surface area contributed by atoms with Gasteiger partial charge in [-0.05, 0) is 54.3 Å². The van der Waals surface area contributed by atoms with E-state index in [-0.39, 0.29) is 35.6 Å². The number of nitrogens with zero attached hydrogens (tertiary/aromatic N) is 3. The lowest BCUT2D eigenvalue weighted by Gasteiger charge is -2.15. The number of rotatable bonds is 15. The average Bonchev–Trinajstić information content (AvgIpc) is 2.65. The highest BCUT2D eigenvalue weighted by atomic mass is 32.1. The molecule has 0 fully saturated rings. The third kappa shape index (κ3) is 9.34. The third-order valence-electron chi connectivity index (χ3n) is 4.00. The molecule has 3 unspecified atom stereocenters. The van der Waals surface area contributed by atoms with Gasteiger partial charge in [-0.25, -0.2) is 14.4 Å². The second-order valence-electron chi connectivity index (χ2n) is 7.20. The summed E-state index contributed by atoms with van der Waals surface area (Å²) in [7, 11) is 0. The molecule has 0 aliphatic heterocycles. The lowest BCUT2D eigenvalue weighted by atomic mass is 10.3. The summed E-state index contributed by atoms with van der Waals surface area (Å²) >= 11 is 12.8. The number of thiol groups is 3. The molecule has 0 aliphatic rings. The Morgan fingerprint density at radius 2 is 0.833 bits per heavy atom. The second kappa shape index (κ2) is 14.0. The monoisotopic (exact) mass is 483 g/mol. The fourth-order valence-corrected chi connectivity index (χ4v) is 2.98. The molecule has 0 spiro atoms. The molecule has 1 rings (SSSR count). The van der Waals surface area contributed by atoms with Crippen molar-refractivity contribution in [2.45, 2.75) is 75.0 Å². The first-order chi connectivity index (χ1) is 14.1. The van der Waals surface area contributed by atoms with Crippen LogP contribution in [0, 0.1) is 0 Å². The van der Waals surface area contributed by atoms with Crippen LogP contribution < -0.4 is 31.6 Å².